The second-order valence-electron chi connectivity index (χ2n) is 4.68. The highest BCUT2D eigenvalue weighted by molar-refractivity contribution is 7.99. The molecule has 2 atom stereocenters. The Morgan fingerprint density at radius 1 is 1.04 bits per heavy atom. The average Bonchev–Trinajstić information content (AvgIpc) is 2.97. The Labute approximate surface area is 149 Å². The lowest BCUT2D eigenvalue weighted by atomic mass is 10.2. The van der Waals surface area contributed by atoms with Crippen molar-refractivity contribution in [2.75, 3.05) is 12.4 Å². The summed E-state index contributed by atoms with van der Waals surface area (Å²) in [6.45, 7) is -0.742. The van der Waals surface area contributed by atoms with E-state index in [1.54, 1.807) is 24.3 Å². The van der Waals surface area contributed by atoms with Crippen molar-refractivity contribution in [1.82, 2.24) is 4.98 Å². The molecule has 1 aromatic heterocycles. The van der Waals surface area contributed by atoms with Crippen LogP contribution >= 0.6 is 11.8 Å². The molecule has 0 saturated carbocycles. The minimum atomic E-state index is -1.74. The number of aromatic nitrogens is 1. The highest BCUT2D eigenvalue weighted by Crippen LogP contribution is 2.25. The molecule has 0 spiro atoms. The second kappa shape index (κ2) is 8.80. The minimum absolute atomic E-state index is 0.153. The van der Waals surface area contributed by atoms with E-state index in [9.17, 15) is 14.4 Å². The highest BCUT2D eigenvalue weighted by Gasteiger charge is 2.31. The van der Waals surface area contributed by atoms with E-state index in [2.05, 4.69) is 19.2 Å². The van der Waals surface area contributed by atoms with E-state index < -0.39 is 37.3 Å². The van der Waals surface area contributed by atoms with Crippen LogP contribution in [0.3, 0.4) is 0 Å². The zero-order valence-corrected chi connectivity index (χ0v) is 13.7. The van der Waals surface area contributed by atoms with Gasteiger partial charge in [-0.15, -0.1) is 0 Å². The molecule has 0 aliphatic carbocycles. The van der Waals surface area contributed by atoms with Gasteiger partial charge in [-0.3, -0.25) is 0 Å². The smallest absolute Gasteiger partial charge is 0.450 e. The predicted octanol–water partition coefficient (Wildman–Crippen LogP) is 2.74. The topological polar surface area (TPSA) is 166 Å². The molecule has 26 heavy (non-hydrogen) atoms. The van der Waals surface area contributed by atoms with E-state index in [-0.39, 0.29) is 11.0 Å². The van der Waals surface area contributed by atoms with Gasteiger partial charge in [0.15, 0.2) is 17.8 Å². The molecule has 0 saturated heterocycles. The van der Waals surface area contributed by atoms with Gasteiger partial charge in [-0.25, -0.2) is 19.4 Å². The van der Waals surface area contributed by atoms with E-state index in [1.807, 2.05) is 0 Å². The molecule has 0 aliphatic heterocycles. The molecule has 2 rings (SSSR count). The number of carboxylic acid groups (broad SMARTS) is 3. The zero-order chi connectivity index (χ0) is 19.1. The third-order valence-corrected chi connectivity index (χ3v) is 3.85. The lowest BCUT2D eigenvalue weighted by molar-refractivity contribution is -0.0576. The highest BCUT2D eigenvalue weighted by atomic mass is 32.2. The number of nitrogens with zero attached hydrogens (tertiary/aromatic N) is 1. The standard InChI is InChI=1S/C14H13NO10S/c16-12(17)22-5-9(24-13(18)19)10(25-14(20)21)6-26-11-15-7-3-1-2-4-8(7)23-11/h1-4,9-10H,5-6H2,(H,16,17)(H,18,19)(H,20,21). The summed E-state index contributed by atoms with van der Waals surface area (Å²) in [6, 6.07) is 6.91. The van der Waals surface area contributed by atoms with E-state index in [1.165, 1.54) is 0 Å². The fraction of sp³-hybridized carbons (Fsp3) is 0.286. The van der Waals surface area contributed by atoms with Gasteiger partial charge in [0.1, 0.15) is 12.1 Å². The van der Waals surface area contributed by atoms with Crippen LogP contribution in [0.5, 0.6) is 0 Å². The summed E-state index contributed by atoms with van der Waals surface area (Å²) in [6.07, 6.45) is -7.97. The van der Waals surface area contributed by atoms with E-state index in [0.717, 1.165) is 11.8 Å². The van der Waals surface area contributed by atoms with Crippen LogP contribution in [0.1, 0.15) is 0 Å². The number of ether oxygens (including phenoxy) is 3. The molecule has 0 aliphatic rings. The Morgan fingerprint density at radius 2 is 1.69 bits per heavy atom. The predicted molar refractivity (Wildman–Crippen MR) is 84.5 cm³/mol. The zero-order valence-electron chi connectivity index (χ0n) is 12.9. The molecule has 2 aromatic rings. The normalized spacial score (nSPS) is 12.9. The molecule has 11 nitrogen and oxygen atoms in total. The third-order valence-electron chi connectivity index (χ3n) is 2.94. The fourth-order valence-corrected chi connectivity index (χ4v) is 2.81. The molecule has 0 amide bonds. The first kappa shape index (κ1) is 19.2. The maximum absolute atomic E-state index is 10.9. The molecule has 12 heteroatoms. The van der Waals surface area contributed by atoms with Crippen LogP contribution < -0.4 is 0 Å². The van der Waals surface area contributed by atoms with Crippen molar-refractivity contribution in [3.63, 3.8) is 0 Å². The van der Waals surface area contributed by atoms with Crippen molar-refractivity contribution >= 4 is 41.3 Å². The number of benzene rings is 1. The molecule has 1 heterocycles. The van der Waals surface area contributed by atoms with Gasteiger partial charge >= 0.3 is 18.5 Å². The first-order valence-electron chi connectivity index (χ1n) is 6.98. The average molecular weight is 387 g/mol. The van der Waals surface area contributed by atoms with Gasteiger partial charge in [0.2, 0.25) is 0 Å². The van der Waals surface area contributed by atoms with Crippen LogP contribution in [0.4, 0.5) is 14.4 Å². The van der Waals surface area contributed by atoms with Gasteiger partial charge < -0.3 is 33.9 Å². The van der Waals surface area contributed by atoms with Gasteiger partial charge in [-0.1, -0.05) is 23.9 Å². The number of rotatable bonds is 8. The van der Waals surface area contributed by atoms with Gasteiger partial charge in [-0.05, 0) is 12.1 Å². The number of hydrogen-bond acceptors (Lipinski definition) is 9. The van der Waals surface area contributed by atoms with Gasteiger partial charge in [-0.2, -0.15) is 0 Å². The molecule has 0 fully saturated rings. The van der Waals surface area contributed by atoms with Gasteiger partial charge in [0.05, 0.1) is 0 Å². The molecular formula is C14H13NO10S. The van der Waals surface area contributed by atoms with E-state index in [0.29, 0.717) is 11.1 Å². The number of hydrogen-bond donors (Lipinski definition) is 3. The summed E-state index contributed by atoms with van der Waals surface area (Å²) in [5.41, 5.74) is 1.09. The van der Waals surface area contributed by atoms with Crippen LogP contribution in [0.2, 0.25) is 0 Å². The number of carbonyl (C=O) groups is 3. The van der Waals surface area contributed by atoms with Gasteiger partial charge in [0, 0.05) is 5.75 Å². The van der Waals surface area contributed by atoms with Crippen molar-refractivity contribution in [3.05, 3.63) is 24.3 Å². The first-order chi connectivity index (χ1) is 12.3. The molecule has 3 N–H and O–H groups in total. The molecule has 140 valence electrons. The van der Waals surface area contributed by atoms with E-state index >= 15 is 0 Å². The summed E-state index contributed by atoms with van der Waals surface area (Å²) in [5, 5.41) is 26.3. The molecule has 0 radical (unpaired) electrons. The Kier molecular flexibility index (Phi) is 6.49. The first-order valence-corrected chi connectivity index (χ1v) is 7.97. The van der Waals surface area contributed by atoms with Crippen molar-refractivity contribution in [3.8, 4) is 0 Å². The van der Waals surface area contributed by atoms with Crippen molar-refractivity contribution in [2.45, 2.75) is 17.4 Å². The third kappa shape index (κ3) is 5.73. The second-order valence-corrected chi connectivity index (χ2v) is 5.65. The monoisotopic (exact) mass is 387 g/mol. The number of para-hydroxylation sites is 2. The maximum Gasteiger partial charge on any atom is 0.506 e. The summed E-state index contributed by atoms with van der Waals surface area (Å²) in [7, 11) is 0. The largest absolute Gasteiger partial charge is 0.506 e. The van der Waals surface area contributed by atoms with E-state index in [4.69, 9.17) is 19.7 Å². The Bertz CT molecular complexity index is 758. The minimum Gasteiger partial charge on any atom is -0.450 e. The molecular weight excluding hydrogens is 374 g/mol. The van der Waals surface area contributed by atoms with Crippen molar-refractivity contribution in [2.24, 2.45) is 0 Å². The number of oxazole rings is 1. The SMILES string of the molecule is O=C(O)OCC(OC(=O)O)C(CSc1nc2ccccc2o1)OC(=O)O. The van der Waals surface area contributed by atoms with Gasteiger partial charge in [0.25, 0.3) is 5.22 Å². The Hall–Kier alpha value is -3.15. The van der Waals surface area contributed by atoms with Crippen LogP contribution in [0, 0.1) is 0 Å². The lowest BCUT2D eigenvalue weighted by Crippen LogP contribution is -2.40. The summed E-state index contributed by atoms with van der Waals surface area (Å²) < 4.78 is 18.8. The lowest BCUT2D eigenvalue weighted by Gasteiger charge is -2.23. The summed E-state index contributed by atoms with van der Waals surface area (Å²) >= 11 is 0.944. The molecule has 2 unspecified atom stereocenters. The van der Waals surface area contributed by atoms with Crippen LogP contribution in [-0.4, -0.2) is 63.3 Å². The Morgan fingerprint density at radius 3 is 2.31 bits per heavy atom. The quantitative estimate of drug-likeness (QED) is 0.345. The summed E-state index contributed by atoms with van der Waals surface area (Å²) in [4.78, 5) is 36.3. The van der Waals surface area contributed by atoms with Crippen LogP contribution in [0.15, 0.2) is 33.9 Å². The Balaban J connectivity index is 2.10. The van der Waals surface area contributed by atoms with Crippen molar-refractivity contribution in [1.29, 1.82) is 0 Å². The molecule has 1 aromatic carbocycles. The molecule has 0 bridgehead atoms. The maximum atomic E-state index is 10.9. The van der Waals surface area contributed by atoms with Crippen molar-refractivity contribution < 1.29 is 48.3 Å². The van der Waals surface area contributed by atoms with Crippen LogP contribution in [0.25, 0.3) is 11.1 Å². The number of thioether (sulfide) groups is 1. The fourth-order valence-electron chi connectivity index (χ4n) is 1.91. The van der Waals surface area contributed by atoms with Crippen LogP contribution in [-0.2, 0) is 14.2 Å². The summed E-state index contributed by atoms with van der Waals surface area (Å²) in [5.74, 6) is -0.153. The number of fused-ring (bicyclic) bond motifs is 1.